The number of likely N-dealkylation sites (tertiary alicyclic amines) is 1. The predicted molar refractivity (Wildman–Crippen MR) is 79.2 cm³/mol. The van der Waals surface area contributed by atoms with E-state index in [0.29, 0.717) is 12.1 Å². The second kappa shape index (κ2) is 6.55. The Kier molecular flexibility index (Phi) is 5.26. The number of rotatable bonds is 5. The molecule has 5 heteroatoms. The average Bonchev–Trinajstić information content (AvgIpc) is 2.83. The minimum absolute atomic E-state index is 0.121. The van der Waals surface area contributed by atoms with Crippen LogP contribution in [0.3, 0.4) is 0 Å². The topological polar surface area (TPSA) is 49.4 Å². The van der Waals surface area contributed by atoms with Gasteiger partial charge in [-0.25, -0.2) is 8.42 Å². The van der Waals surface area contributed by atoms with E-state index >= 15 is 0 Å². The largest absolute Gasteiger partial charge is 0.312 e. The quantitative estimate of drug-likeness (QED) is 0.831. The van der Waals surface area contributed by atoms with E-state index < -0.39 is 9.84 Å². The molecule has 1 N–H and O–H groups in total. The first-order valence-electron chi connectivity index (χ1n) is 7.67. The number of nitrogens with zero attached hydrogens (tertiary/aromatic N) is 1. The first-order chi connectivity index (χ1) is 9.00. The Morgan fingerprint density at radius 2 is 2.00 bits per heavy atom. The molecule has 0 aromatic carbocycles. The molecule has 2 aliphatic rings. The molecule has 0 radical (unpaired) electrons. The summed E-state index contributed by atoms with van der Waals surface area (Å²) in [7, 11) is -2.86. The number of hydrogen-bond acceptors (Lipinski definition) is 4. The van der Waals surface area contributed by atoms with Gasteiger partial charge < -0.3 is 5.32 Å². The van der Waals surface area contributed by atoms with E-state index in [1.165, 1.54) is 25.6 Å². The fraction of sp³-hybridized carbons (Fsp3) is 1.00. The van der Waals surface area contributed by atoms with Crippen molar-refractivity contribution in [2.24, 2.45) is 0 Å². The van der Waals surface area contributed by atoms with Crippen LogP contribution in [0.2, 0.25) is 0 Å². The van der Waals surface area contributed by atoms with Gasteiger partial charge in [-0.2, -0.15) is 0 Å². The van der Waals surface area contributed by atoms with E-state index in [1.54, 1.807) is 0 Å². The van der Waals surface area contributed by atoms with Crippen LogP contribution in [0.4, 0.5) is 0 Å². The smallest absolute Gasteiger partial charge is 0.150 e. The Labute approximate surface area is 117 Å². The average molecular weight is 288 g/mol. The van der Waals surface area contributed by atoms with Crippen LogP contribution in [0, 0.1) is 0 Å². The molecule has 1 saturated heterocycles. The molecule has 2 fully saturated rings. The Hall–Kier alpha value is -0.130. The Morgan fingerprint density at radius 1 is 1.21 bits per heavy atom. The summed E-state index contributed by atoms with van der Waals surface area (Å²) in [6, 6.07) is 1.05. The molecule has 3 atom stereocenters. The maximum absolute atomic E-state index is 11.7. The zero-order chi connectivity index (χ0) is 13.9. The monoisotopic (exact) mass is 288 g/mol. The third kappa shape index (κ3) is 4.17. The number of nitrogens with one attached hydrogen (secondary N) is 1. The summed E-state index contributed by atoms with van der Waals surface area (Å²) in [5, 5.41) is 3.50. The molecule has 3 unspecified atom stereocenters. The molecule has 0 aromatic heterocycles. The van der Waals surface area contributed by atoms with Gasteiger partial charge in [0.2, 0.25) is 0 Å². The summed E-state index contributed by atoms with van der Waals surface area (Å²) in [5.41, 5.74) is 0. The summed E-state index contributed by atoms with van der Waals surface area (Å²) < 4.78 is 23.3. The molecule has 1 saturated carbocycles. The number of sulfone groups is 1. The SMILES string of the molecule is CCN1CCCC1CNC1CCCC(S(C)(=O)=O)C1. The minimum atomic E-state index is -2.86. The highest BCUT2D eigenvalue weighted by Crippen LogP contribution is 2.24. The van der Waals surface area contributed by atoms with Gasteiger partial charge in [0, 0.05) is 24.9 Å². The summed E-state index contributed by atoms with van der Waals surface area (Å²) in [6.45, 7) is 5.59. The zero-order valence-electron chi connectivity index (χ0n) is 12.3. The Morgan fingerprint density at radius 3 is 2.68 bits per heavy atom. The molecule has 2 rings (SSSR count). The van der Waals surface area contributed by atoms with Crippen LogP contribution in [0.1, 0.15) is 45.4 Å². The van der Waals surface area contributed by atoms with Gasteiger partial charge in [-0.15, -0.1) is 0 Å². The maximum Gasteiger partial charge on any atom is 0.150 e. The molecular formula is C14H28N2O2S. The molecular weight excluding hydrogens is 260 g/mol. The van der Waals surface area contributed by atoms with Crippen molar-refractivity contribution >= 4 is 9.84 Å². The highest BCUT2D eigenvalue weighted by Gasteiger charge is 2.30. The highest BCUT2D eigenvalue weighted by molar-refractivity contribution is 7.91. The van der Waals surface area contributed by atoms with E-state index in [-0.39, 0.29) is 5.25 Å². The zero-order valence-corrected chi connectivity index (χ0v) is 13.1. The van der Waals surface area contributed by atoms with E-state index in [9.17, 15) is 8.42 Å². The molecule has 1 heterocycles. The summed E-state index contributed by atoms with van der Waals surface area (Å²) in [4.78, 5) is 2.53. The first kappa shape index (κ1) is 15.3. The van der Waals surface area contributed by atoms with Gasteiger partial charge in [-0.05, 0) is 45.2 Å². The van der Waals surface area contributed by atoms with Gasteiger partial charge in [-0.1, -0.05) is 13.3 Å². The molecule has 1 aliphatic carbocycles. The Balaban J connectivity index is 1.80. The standard InChI is InChI=1S/C14H28N2O2S/c1-3-16-9-5-7-13(16)11-15-12-6-4-8-14(10-12)19(2,17)18/h12-15H,3-11H2,1-2H3. The summed E-state index contributed by atoms with van der Waals surface area (Å²) >= 11 is 0. The molecule has 0 spiro atoms. The second-order valence-electron chi connectivity index (χ2n) is 6.15. The number of hydrogen-bond donors (Lipinski definition) is 1. The molecule has 0 amide bonds. The van der Waals surface area contributed by atoms with Crippen LogP contribution >= 0.6 is 0 Å². The van der Waals surface area contributed by atoms with Crippen LogP contribution in [-0.4, -0.2) is 56.5 Å². The molecule has 1 aliphatic heterocycles. The maximum atomic E-state index is 11.7. The van der Waals surface area contributed by atoms with Crippen molar-refractivity contribution in [3.8, 4) is 0 Å². The van der Waals surface area contributed by atoms with E-state index in [0.717, 1.165) is 38.8 Å². The van der Waals surface area contributed by atoms with Crippen LogP contribution < -0.4 is 5.32 Å². The molecule has 4 nitrogen and oxygen atoms in total. The van der Waals surface area contributed by atoms with E-state index in [4.69, 9.17) is 0 Å². The fourth-order valence-electron chi connectivity index (χ4n) is 3.56. The second-order valence-corrected chi connectivity index (χ2v) is 8.47. The van der Waals surface area contributed by atoms with E-state index in [1.807, 2.05) is 0 Å². The van der Waals surface area contributed by atoms with E-state index in [2.05, 4.69) is 17.1 Å². The lowest BCUT2D eigenvalue weighted by atomic mass is 9.94. The van der Waals surface area contributed by atoms with Gasteiger partial charge in [0.25, 0.3) is 0 Å². The molecule has 19 heavy (non-hydrogen) atoms. The third-order valence-corrected chi connectivity index (χ3v) is 6.42. The van der Waals surface area contributed by atoms with Gasteiger partial charge in [0.05, 0.1) is 5.25 Å². The minimum Gasteiger partial charge on any atom is -0.312 e. The summed E-state index contributed by atoms with van der Waals surface area (Å²) in [6.07, 6.45) is 7.79. The molecule has 112 valence electrons. The van der Waals surface area contributed by atoms with Crippen LogP contribution in [0.15, 0.2) is 0 Å². The van der Waals surface area contributed by atoms with Crippen molar-refractivity contribution in [2.75, 3.05) is 25.9 Å². The number of likely N-dealkylation sites (N-methyl/N-ethyl adjacent to an activating group) is 1. The van der Waals surface area contributed by atoms with Crippen molar-refractivity contribution in [1.29, 1.82) is 0 Å². The van der Waals surface area contributed by atoms with Gasteiger partial charge >= 0.3 is 0 Å². The fourth-order valence-corrected chi connectivity index (χ4v) is 4.74. The van der Waals surface area contributed by atoms with Gasteiger partial charge in [0.15, 0.2) is 0 Å². The highest BCUT2D eigenvalue weighted by atomic mass is 32.2. The van der Waals surface area contributed by atoms with Gasteiger partial charge in [0.1, 0.15) is 9.84 Å². The first-order valence-corrected chi connectivity index (χ1v) is 9.62. The van der Waals surface area contributed by atoms with Crippen molar-refractivity contribution in [3.63, 3.8) is 0 Å². The van der Waals surface area contributed by atoms with Gasteiger partial charge in [-0.3, -0.25) is 4.90 Å². The normalized spacial score (nSPS) is 33.7. The Bertz CT molecular complexity index is 383. The summed E-state index contributed by atoms with van der Waals surface area (Å²) in [5.74, 6) is 0. The lowest BCUT2D eigenvalue weighted by Crippen LogP contribution is -2.45. The van der Waals surface area contributed by atoms with Crippen LogP contribution in [-0.2, 0) is 9.84 Å². The lowest BCUT2D eigenvalue weighted by Gasteiger charge is -2.31. The van der Waals surface area contributed by atoms with Crippen molar-refractivity contribution in [1.82, 2.24) is 10.2 Å². The lowest BCUT2D eigenvalue weighted by molar-refractivity contribution is 0.245. The predicted octanol–water partition coefficient (Wildman–Crippen LogP) is 1.42. The van der Waals surface area contributed by atoms with Crippen molar-refractivity contribution in [2.45, 2.75) is 62.8 Å². The van der Waals surface area contributed by atoms with Crippen molar-refractivity contribution < 1.29 is 8.42 Å². The van der Waals surface area contributed by atoms with Crippen LogP contribution in [0.25, 0.3) is 0 Å². The van der Waals surface area contributed by atoms with Crippen molar-refractivity contribution in [3.05, 3.63) is 0 Å². The molecule has 0 aromatic rings. The van der Waals surface area contributed by atoms with Crippen LogP contribution in [0.5, 0.6) is 0 Å². The molecule has 0 bridgehead atoms. The third-order valence-electron chi connectivity index (χ3n) is 4.78.